The van der Waals surface area contributed by atoms with Gasteiger partial charge in [0.1, 0.15) is 11.6 Å². The number of non-ortho nitro benzene ring substituents is 1. The van der Waals surface area contributed by atoms with Crippen LogP contribution in [-0.2, 0) is 0 Å². The molecule has 2 rings (SSSR count). The molecule has 92 valence electrons. The summed E-state index contributed by atoms with van der Waals surface area (Å²) < 4.78 is 18.3. The van der Waals surface area contributed by atoms with Crippen molar-refractivity contribution in [3.63, 3.8) is 0 Å². The predicted octanol–water partition coefficient (Wildman–Crippen LogP) is 3.11. The highest BCUT2D eigenvalue weighted by Crippen LogP contribution is 2.30. The lowest BCUT2D eigenvalue weighted by Gasteiger charge is -2.07. The first-order chi connectivity index (χ1) is 8.56. The third kappa shape index (κ3) is 2.54. The van der Waals surface area contributed by atoms with Crippen LogP contribution >= 0.6 is 0 Å². The van der Waals surface area contributed by atoms with Gasteiger partial charge in [-0.3, -0.25) is 10.1 Å². The summed E-state index contributed by atoms with van der Waals surface area (Å²) in [4.78, 5) is 9.97. The second-order valence-electron chi connectivity index (χ2n) is 3.54. The summed E-state index contributed by atoms with van der Waals surface area (Å²) in [7, 11) is 0. The Morgan fingerprint density at radius 3 is 2.61 bits per heavy atom. The van der Waals surface area contributed by atoms with Gasteiger partial charge < -0.3 is 10.5 Å². The van der Waals surface area contributed by atoms with Crippen LogP contribution in [0.25, 0.3) is 0 Å². The summed E-state index contributed by atoms with van der Waals surface area (Å²) in [5, 5.41) is 10.5. The molecule has 0 amide bonds. The molecule has 0 saturated carbocycles. The van der Waals surface area contributed by atoms with Crippen molar-refractivity contribution in [2.24, 2.45) is 0 Å². The van der Waals surface area contributed by atoms with Gasteiger partial charge in [-0.1, -0.05) is 6.07 Å². The van der Waals surface area contributed by atoms with Crippen LogP contribution in [0.4, 0.5) is 15.8 Å². The number of ether oxygens (including phenoxy) is 1. The van der Waals surface area contributed by atoms with Crippen LogP contribution in [0.15, 0.2) is 42.5 Å². The molecule has 0 spiro atoms. The molecule has 0 unspecified atom stereocenters. The summed E-state index contributed by atoms with van der Waals surface area (Å²) >= 11 is 0. The third-order valence-electron chi connectivity index (χ3n) is 2.23. The van der Waals surface area contributed by atoms with E-state index in [-0.39, 0.29) is 22.9 Å². The lowest BCUT2D eigenvalue weighted by atomic mass is 10.2. The molecule has 2 aromatic rings. The van der Waals surface area contributed by atoms with Crippen molar-refractivity contribution in [3.8, 4) is 11.5 Å². The minimum Gasteiger partial charge on any atom is -0.455 e. The lowest BCUT2D eigenvalue weighted by molar-refractivity contribution is -0.384. The Balaban J connectivity index is 2.27. The van der Waals surface area contributed by atoms with E-state index < -0.39 is 10.7 Å². The maximum Gasteiger partial charge on any atom is 0.271 e. The number of rotatable bonds is 3. The second-order valence-corrected chi connectivity index (χ2v) is 3.54. The molecule has 0 atom stereocenters. The fraction of sp³-hybridized carbons (Fsp3) is 0. The first kappa shape index (κ1) is 11.8. The smallest absolute Gasteiger partial charge is 0.271 e. The Bertz CT molecular complexity index is 602. The predicted molar refractivity (Wildman–Crippen MR) is 64.0 cm³/mol. The zero-order valence-electron chi connectivity index (χ0n) is 9.17. The Morgan fingerprint density at radius 2 is 2.00 bits per heavy atom. The minimum absolute atomic E-state index is 0.119. The number of hydrogen-bond acceptors (Lipinski definition) is 4. The molecule has 2 N–H and O–H groups in total. The largest absolute Gasteiger partial charge is 0.455 e. The van der Waals surface area contributed by atoms with Gasteiger partial charge in [0.05, 0.1) is 10.6 Å². The number of nitro benzene ring substituents is 1. The molecule has 0 bridgehead atoms. The molecule has 0 radical (unpaired) electrons. The van der Waals surface area contributed by atoms with Crippen molar-refractivity contribution in [2.75, 3.05) is 5.73 Å². The van der Waals surface area contributed by atoms with Crippen molar-refractivity contribution < 1.29 is 14.1 Å². The number of hydrogen-bond donors (Lipinski definition) is 1. The number of benzene rings is 2. The first-order valence-electron chi connectivity index (χ1n) is 5.03. The molecule has 0 fully saturated rings. The summed E-state index contributed by atoms with van der Waals surface area (Å²) in [5.74, 6) is 0.0785. The van der Waals surface area contributed by atoms with Crippen LogP contribution < -0.4 is 10.5 Å². The minimum atomic E-state index is -0.553. The fourth-order valence-electron chi connectivity index (χ4n) is 1.40. The maximum absolute atomic E-state index is 12.9. The molecule has 0 aliphatic heterocycles. The second kappa shape index (κ2) is 4.70. The van der Waals surface area contributed by atoms with Crippen LogP contribution in [0.3, 0.4) is 0 Å². The van der Waals surface area contributed by atoms with Crippen molar-refractivity contribution in [1.82, 2.24) is 0 Å². The zero-order chi connectivity index (χ0) is 13.1. The van der Waals surface area contributed by atoms with Crippen LogP contribution in [0.2, 0.25) is 0 Å². The van der Waals surface area contributed by atoms with Gasteiger partial charge in [-0.25, -0.2) is 4.39 Å². The number of anilines is 1. The Hall–Kier alpha value is -2.63. The van der Waals surface area contributed by atoms with Crippen LogP contribution in [0, 0.1) is 15.9 Å². The van der Waals surface area contributed by atoms with E-state index in [4.69, 9.17) is 10.5 Å². The quantitative estimate of drug-likeness (QED) is 0.514. The zero-order valence-corrected chi connectivity index (χ0v) is 9.17. The van der Waals surface area contributed by atoms with Gasteiger partial charge in [-0.2, -0.15) is 0 Å². The van der Waals surface area contributed by atoms with E-state index in [0.717, 1.165) is 0 Å². The van der Waals surface area contributed by atoms with E-state index in [9.17, 15) is 14.5 Å². The number of halogens is 1. The summed E-state index contributed by atoms with van der Waals surface area (Å²) in [6, 6.07) is 9.36. The van der Waals surface area contributed by atoms with Crippen molar-refractivity contribution in [3.05, 3.63) is 58.4 Å². The summed E-state index contributed by atoms with van der Waals surface area (Å²) in [5.41, 5.74) is 5.61. The van der Waals surface area contributed by atoms with E-state index in [0.29, 0.717) is 0 Å². The average Bonchev–Trinajstić information content (AvgIpc) is 2.31. The third-order valence-corrected chi connectivity index (χ3v) is 2.23. The van der Waals surface area contributed by atoms with Gasteiger partial charge >= 0.3 is 0 Å². The maximum atomic E-state index is 12.9. The molecule has 2 aromatic carbocycles. The molecule has 0 aromatic heterocycles. The molecule has 0 saturated heterocycles. The summed E-state index contributed by atoms with van der Waals surface area (Å²) in [6.45, 7) is 0. The van der Waals surface area contributed by atoms with Crippen LogP contribution in [-0.4, -0.2) is 4.92 Å². The Labute approximate surface area is 102 Å². The first-order valence-corrected chi connectivity index (χ1v) is 5.03. The highest BCUT2D eigenvalue weighted by atomic mass is 19.1. The van der Waals surface area contributed by atoms with Gasteiger partial charge in [-0.05, 0) is 18.2 Å². The number of nitrogens with two attached hydrogens (primary N) is 1. The van der Waals surface area contributed by atoms with Gasteiger partial charge in [0.25, 0.3) is 5.69 Å². The monoisotopic (exact) mass is 248 g/mol. The molecule has 18 heavy (non-hydrogen) atoms. The topological polar surface area (TPSA) is 78.4 Å². The van der Waals surface area contributed by atoms with E-state index in [1.165, 1.54) is 36.4 Å². The Morgan fingerprint density at radius 1 is 1.22 bits per heavy atom. The Kier molecular flexibility index (Phi) is 3.09. The molecule has 0 heterocycles. The number of nitro groups is 1. The fourth-order valence-corrected chi connectivity index (χ4v) is 1.40. The van der Waals surface area contributed by atoms with Crippen molar-refractivity contribution >= 4 is 11.4 Å². The van der Waals surface area contributed by atoms with Gasteiger partial charge in [0.2, 0.25) is 0 Å². The number of nitrogen functional groups attached to an aromatic ring is 1. The van der Waals surface area contributed by atoms with E-state index in [1.54, 1.807) is 6.07 Å². The summed E-state index contributed by atoms with van der Waals surface area (Å²) in [6.07, 6.45) is 0. The van der Waals surface area contributed by atoms with Crippen LogP contribution in [0.5, 0.6) is 11.5 Å². The molecule has 5 nitrogen and oxygen atoms in total. The van der Waals surface area contributed by atoms with Gasteiger partial charge in [-0.15, -0.1) is 0 Å². The molecule has 6 heteroatoms. The lowest BCUT2D eigenvalue weighted by Crippen LogP contribution is -1.95. The van der Waals surface area contributed by atoms with Gasteiger partial charge in [0, 0.05) is 18.2 Å². The average molecular weight is 248 g/mol. The molecule has 0 aliphatic carbocycles. The van der Waals surface area contributed by atoms with Crippen LogP contribution in [0.1, 0.15) is 0 Å². The van der Waals surface area contributed by atoms with E-state index in [2.05, 4.69) is 0 Å². The van der Waals surface area contributed by atoms with E-state index >= 15 is 0 Å². The van der Waals surface area contributed by atoms with Gasteiger partial charge in [0.15, 0.2) is 5.75 Å². The normalized spacial score (nSPS) is 10.1. The van der Waals surface area contributed by atoms with E-state index in [1.807, 2.05) is 0 Å². The molecular formula is C12H9FN2O3. The number of nitrogens with zero attached hydrogens (tertiary/aromatic N) is 1. The standard InChI is InChI=1S/C12H9FN2O3/c13-8-2-1-3-10(6-8)18-12-5-4-9(15(16)17)7-11(12)14/h1-7H,14H2. The van der Waals surface area contributed by atoms with Crippen molar-refractivity contribution in [1.29, 1.82) is 0 Å². The van der Waals surface area contributed by atoms with Crippen molar-refractivity contribution in [2.45, 2.75) is 0 Å². The highest BCUT2D eigenvalue weighted by Gasteiger charge is 2.10. The molecule has 0 aliphatic rings. The SMILES string of the molecule is Nc1cc([N+](=O)[O-])ccc1Oc1cccc(F)c1. The molecular weight excluding hydrogens is 239 g/mol. The highest BCUT2D eigenvalue weighted by molar-refractivity contribution is 5.59.